The maximum absolute atomic E-state index is 11.5. The first-order valence-electron chi connectivity index (χ1n) is 5.17. The average Bonchev–Trinajstić information content (AvgIpc) is 2.17. The molecule has 1 aromatic rings. The Balaban J connectivity index is 2.80. The van der Waals surface area contributed by atoms with Gasteiger partial charge in [-0.1, -0.05) is 43.3 Å². The first-order chi connectivity index (χ1) is 7.44. The lowest BCUT2D eigenvalue weighted by Gasteiger charge is -2.05. The predicted octanol–water partition coefficient (Wildman–Crippen LogP) is 2.16. The number of hydrogen-bond donors (Lipinski definition) is 1. The highest BCUT2D eigenvalue weighted by Gasteiger charge is 2.09. The van der Waals surface area contributed by atoms with Crippen LogP contribution in [0.4, 0.5) is 0 Å². The summed E-state index contributed by atoms with van der Waals surface area (Å²) in [6.45, 7) is 7.94. The quantitative estimate of drug-likeness (QED) is 0.856. The van der Waals surface area contributed by atoms with Gasteiger partial charge in [-0.25, -0.2) is 13.1 Å². The molecule has 0 fully saturated rings. The van der Waals surface area contributed by atoms with Crippen molar-refractivity contribution in [2.75, 3.05) is 6.54 Å². The molecule has 0 unspecified atom stereocenters. The Morgan fingerprint density at radius 2 is 1.88 bits per heavy atom. The van der Waals surface area contributed by atoms with E-state index in [9.17, 15) is 8.42 Å². The molecule has 0 aromatic heterocycles. The summed E-state index contributed by atoms with van der Waals surface area (Å²) in [5.41, 5.74) is 2.79. The van der Waals surface area contributed by atoms with Gasteiger partial charge in [0.2, 0.25) is 10.0 Å². The van der Waals surface area contributed by atoms with E-state index in [-0.39, 0.29) is 5.75 Å². The van der Waals surface area contributed by atoms with Crippen LogP contribution in [0.25, 0.3) is 5.57 Å². The fourth-order valence-corrected chi connectivity index (χ4v) is 2.55. The number of allylic oxidation sites excluding steroid dienone is 1. The average molecular weight is 239 g/mol. The number of nitrogens with one attached hydrogen (secondary N) is 1. The van der Waals surface area contributed by atoms with E-state index in [1.807, 2.05) is 31.2 Å². The van der Waals surface area contributed by atoms with Gasteiger partial charge in [-0.15, -0.1) is 0 Å². The summed E-state index contributed by atoms with van der Waals surface area (Å²) in [6.07, 6.45) is 0. The van der Waals surface area contributed by atoms with Gasteiger partial charge in [0, 0.05) is 6.54 Å². The van der Waals surface area contributed by atoms with Crippen LogP contribution >= 0.6 is 0 Å². The van der Waals surface area contributed by atoms with Crippen molar-refractivity contribution in [2.24, 2.45) is 0 Å². The Morgan fingerprint density at radius 3 is 2.31 bits per heavy atom. The van der Waals surface area contributed by atoms with E-state index in [0.717, 1.165) is 16.7 Å². The Hall–Kier alpha value is -1.13. The minimum absolute atomic E-state index is 0.0251. The molecule has 0 amide bonds. The molecular formula is C12H17NO2S. The molecule has 0 aliphatic rings. The minimum Gasteiger partial charge on any atom is -0.215 e. The molecule has 0 spiro atoms. The maximum atomic E-state index is 11.5. The first kappa shape index (κ1) is 12.9. The van der Waals surface area contributed by atoms with Gasteiger partial charge in [0.1, 0.15) is 0 Å². The summed E-state index contributed by atoms with van der Waals surface area (Å²) in [7, 11) is -3.19. The normalized spacial score (nSPS) is 11.4. The molecule has 1 N–H and O–H groups in total. The SMILES string of the molecule is C=C(C)c1ccc(CS(=O)(=O)NCC)cc1. The van der Waals surface area contributed by atoms with Crippen molar-refractivity contribution in [1.29, 1.82) is 0 Å². The highest BCUT2D eigenvalue weighted by atomic mass is 32.2. The van der Waals surface area contributed by atoms with E-state index >= 15 is 0 Å². The van der Waals surface area contributed by atoms with E-state index in [2.05, 4.69) is 11.3 Å². The molecule has 3 nitrogen and oxygen atoms in total. The summed E-state index contributed by atoms with van der Waals surface area (Å²) in [4.78, 5) is 0. The second-order valence-electron chi connectivity index (χ2n) is 3.73. The zero-order valence-corrected chi connectivity index (χ0v) is 10.5. The van der Waals surface area contributed by atoms with Crippen molar-refractivity contribution >= 4 is 15.6 Å². The van der Waals surface area contributed by atoms with Crippen LogP contribution in [0.3, 0.4) is 0 Å². The van der Waals surface area contributed by atoms with E-state index in [4.69, 9.17) is 0 Å². The predicted molar refractivity (Wildman–Crippen MR) is 67.5 cm³/mol. The van der Waals surface area contributed by atoms with Crippen LogP contribution in [-0.2, 0) is 15.8 Å². The van der Waals surface area contributed by atoms with Crippen molar-refractivity contribution in [3.63, 3.8) is 0 Å². The smallest absolute Gasteiger partial charge is 0.215 e. The fourth-order valence-electron chi connectivity index (χ4n) is 1.38. The van der Waals surface area contributed by atoms with Crippen molar-refractivity contribution in [2.45, 2.75) is 19.6 Å². The molecule has 0 radical (unpaired) electrons. The summed E-state index contributed by atoms with van der Waals surface area (Å²) >= 11 is 0. The van der Waals surface area contributed by atoms with E-state index in [1.165, 1.54) is 0 Å². The van der Waals surface area contributed by atoms with Crippen LogP contribution in [0.5, 0.6) is 0 Å². The van der Waals surface area contributed by atoms with Gasteiger partial charge in [0.25, 0.3) is 0 Å². The molecule has 1 aromatic carbocycles. The van der Waals surface area contributed by atoms with Gasteiger partial charge in [-0.2, -0.15) is 0 Å². The number of rotatable bonds is 5. The highest BCUT2D eigenvalue weighted by Crippen LogP contribution is 2.13. The molecule has 1 rings (SSSR count). The fraction of sp³-hybridized carbons (Fsp3) is 0.333. The first-order valence-corrected chi connectivity index (χ1v) is 6.82. The standard InChI is InChI=1S/C12H17NO2S/c1-4-13-16(14,15)9-11-5-7-12(8-6-11)10(2)3/h5-8,13H,2,4,9H2,1,3H3. The molecule has 0 bridgehead atoms. The number of hydrogen-bond acceptors (Lipinski definition) is 2. The lowest BCUT2D eigenvalue weighted by molar-refractivity contribution is 0.583. The monoisotopic (exact) mass is 239 g/mol. The maximum Gasteiger partial charge on any atom is 0.215 e. The van der Waals surface area contributed by atoms with Crippen molar-refractivity contribution in [3.05, 3.63) is 42.0 Å². The molecule has 4 heteroatoms. The van der Waals surface area contributed by atoms with Crippen LogP contribution in [-0.4, -0.2) is 15.0 Å². The van der Waals surface area contributed by atoms with Gasteiger partial charge < -0.3 is 0 Å². The molecule has 88 valence electrons. The van der Waals surface area contributed by atoms with Crippen LogP contribution in [0.1, 0.15) is 25.0 Å². The Morgan fingerprint density at radius 1 is 1.31 bits per heavy atom. The van der Waals surface area contributed by atoms with Crippen LogP contribution in [0.15, 0.2) is 30.8 Å². The molecule has 0 heterocycles. The van der Waals surface area contributed by atoms with Crippen LogP contribution in [0.2, 0.25) is 0 Å². The largest absolute Gasteiger partial charge is 0.215 e. The molecule has 0 saturated carbocycles. The minimum atomic E-state index is -3.19. The number of benzene rings is 1. The van der Waals surface area contributed by atoms with Crippen molar-refractivity contribution < 1.29 is 8.42 Å². The molecule has 0 aliphatic heterocycles. The van der Waals surface area contributed by atoms with E-state index in [0.29, 0.717) is 6.54 Å². The molecule has 0 atom stereocenters. The van der Waals surface area contributed by atoms with E-state index < -0.39 is 10.0 Å². The van der Waals surface area contributed by atoms with Crippen LogP contribution < -0.4 is 4.72 Å². The zero-order chi connectivity index (χ0) is 12.2. The number of sulfonamides is 1. The molecule has 0 aliphatic carbocycles. The van der Waals surface area contributed by atoms with Gasteiger partial charge in [-0.3, -0.25) is 0 Å². The second kappa shape index (κ2) is 5.27. The Bertz CT molecular complexity index is 460. The topological polar surface area (TPSA) is 46.2 Å². The Labute approximate surface area is 97.2 Å². The van der Waals surface area contributed by atoms with Crippen molar-refractivity contribution in [1.82, 2.24) is 4.72 Å². The summed E-state index contributed by atoms with van der Waals surface area (Å²) < 4.78 is 25.4. The lowest BCUT2D eigenvalue weighted by atomic mass is 10.1. The zero-order valence-electron chi connectivity index (χ0n) is 9.66. The van der Waals surface area contributed by atoms with Gasteiger partial charge in [0.15, 0.2) is 0 Å². The highest BCUT2D eigenvalue weighted by molar-refractivity contribution is 7.88. The third-order valence-corrected chi connectivity index (χ3v) is 3.61. The summed E-state index contributed by atoms with van der Waals surface area (Å²) in [6, 6.07) is 7.41. The van der Waals surface area contributed by atoms with E-state index in [1.54, 1.807) is 6.92 Å². The van der Waals surface area contributed by atoms with Gasteiger partial charge in [0.05, 0.1) is 5.75 Å². The van der Waals surface area contributed by atoms with Gasteiger partial charge in [-0.05, 0) is 18.1 Å². The van der Waals surface area contributed by atoms with Crippen molar-refractivity contribution in [3.8, 4) is 0 Å². The lowest BCUT2D eigenvalue weighted by Crippen LogP contribution is -2.24. The molecule has 16 heavy (non-hydrogen) atoms. The Kier molecular flexibility index (Phi) is 4.26. The summed E-state index contributed by atoms with van der Waals surface area (Å²) in [5, 5.41) is 0. The third-order valence-electron chi connectivity index (χ3n) is 2.17. The molecular weight excluding hydrogens is 222 g/mol. The van der Waals surface area contributed by atoms with Crippen LogP contribution in [0, 0.1) is 0 Å². The van der Waals surface area contributed by atoms with Gasteiger partial charge >= 0.3 is 0 Å². The summed E-state index contributed by atoms with van der Waals surface area (Å²) in [5.74, 6) is 0.0251. The third kappa shape index (κ3) is 3.79. The molecule has 0 saturated heterocycles. The second-order valence-corrected chi connectivity index (χ2v) is 5.54.